The van der Waals surface area contributed by atoms with E-state index in [1.54, 1.807) is 0 Å². The standard InChI is InChI=1S/C29H44O4/c1-26(2,3)32-16-6-7-19-17-20-18-21(30)8-12-27(20,4)22-9-13-28(5)23(25(19)22)10-14-29(28)15-11-24(31)33-29/h18-19,22-23,25H,6-17H2,1-5H3/t19-,22?,23?,25?,27?,28?,29-/m1/s1. The van der Waals surface area contributed by atoms with Crippen LogP contribution in [0.3, 0.4) is 0 Å². The van der Waals surface area contributed by atoms with Gasteiger partial charge in [-0.15, -0.1) is 0 Å². The van der Waals surface area contributed by atoms with Gasteiger partial charge in [0.05, 0.1) is 5.60 Å². The monoisotopic (exact) mass is 456 g/mol. The van der Waals surface area contributed by atoms with Gasteiger partial charge >= 0.3 is 5.97 Å². The summed E-state index contributed by atoms with van der Waals surface area (Å²) in [6.45, 7) is 12.1. The van der Waals surface area contributed by atoms with Crippen molar-refractivity contribution in [3.63, 3.8) is 0 Å². The molecule has 4 nitrogen and oxygen atoms in total. The maximum absolute atomic E-state index is 12.4. The number of fused-ring (bicyclic) bond motifs is 6. The molecule has 1 spiro atoms. The van der Waals surface area contributed by atoms with Crippen LogP contribution in [0.2, 0.25) is 0 Å². The topological polar surface area (TPSA) is 52.6 Å². The van der Waals surface area contributed by atoms with Crippen molar-refractivity contribution >= 4 is 11.8 Å². The van der Waals surface area contributed by atoms with Crippen LogP contribution < -0.4 is 0 Å². The summed E-state index contributed by atoms with van der Waals surface area (Å²) < 4.78 is 12.2. The van der Waals surface area contributed by atoms with Gasteiger partial charge in [0, 0.05) is 24.9 Å². The van der Waals surface area contributed by atoms with Gasteiger partial charge in [0.25, 0.3) is 0 Å². The lowest BCUT2D eigenvalue weighted by Gasteiger charge is -2.61. The second-order valence-corrected chi connectivity index (χ2v) is 13.4. The van der Waals surface area contributed by atoms with E-state index in [9.17, 15) is 9.59 Å². The Hall–Kier alpha value is -1.16. The molecule has 184 valence electrons. The van der Waals surface area contributed by atoms with E-state index in [1.165, 1.54) is 18.4 Å². The summed E-state index contributed by atoms with van der Waals surface area (Å²) in [4.78, 5) is 24.6. The van der Waals surface area contributed by atoms with Crippen LogP contribution in [0.4, 0.5) is 0 Å². The van der Waals surface area contributed by atoms with Crippen LogP contribution in [0, 0.1) is 34.5 Å². The molecule has 0 aromatic carbocycles. The minimum Gasteiger partial charge on any atom is -0.458 e. The van der Waals surface area contributed by atoms with Crippen molar-refractivity contribution in [1.82, 2.24) is 0 Å². The van der Waals surface area contributed by atoms with E-state index in [1.807, 2.05) is 6.08 Å². The van der Waals surface area contributed by atoms with Gasteiger partial charge in [-0.2, -0.15) is 0 Å². The fourth-order valence-corrected chi connectivity index (χ4v) is 9.02. The fourth-order valence-electron chi connectivity index (χ4n) is 9.02. The van der Waals surface area contributed by atoms with E-state index in [0.29, 0.717) is 42.3 Å². The van der Waals surface area contributed by atoms with E-state index in [4.69, 9.17) is 9.47 Å². The zero-order valence-electron chi connectivity index (χ0n) is 21.5. The van der Waals surface area contributed by atoms with Crippen LogP contribution in [0.1, 0.15) is 105 Å². The van der Waals surface area contributed by atoms with Gasteiger partial charge in [-0.25, -0.2) is 0 Å². The van der Waals surface area contributed by atoms with Crippen LogP contribution in [-0.2, 0) is 19.1 Å². The van der Waals surface area contributed by atoms with E-state index in [2.05, 4.69) is 34.6 Å². The predicted molar refractivity (Wildman–Crippen MR) is 129 cm³/mol. The third-order valence-corrected chi connectivity index (χ3v) is 10.7. The normalized spacial score (nSPS) is 44.8. The average molecular weight is 457 g/mol. The maximum Gasteiger partial charge on any atom is 0.306 e. The zero-order chi connectivity index (χ0) is 23.6. The summed E-state index contributed by atoms with van der Waals surface area (Å²) >= 11 is 0. The van der Waals surface area contributed by atoms with Crippen LogP contribution in [0.5, 0.6) is 0 Å². The molecule has 0 N–H and O–H groups in total. The van der Waals surface area contributed by atoms with Crippen LogP contribution >= 0.6 is 0 Å². The second kappa shape index (κ2) is 7.93. The Labute approximate surface area is 200 Å². The molecule has 4 heteroatoms. The first-order valence-electron chi connectivity index (χ1n) is 13.6. The van der Waals surface area contributed by atoms with Crippen molar-refractivity contribution in [2.75, 3.05) is 6.61 Å². The molecular formula is C29H44O4. The molecule has 1 saturated heterocycles. The Bertz CT molecular complexity index is 852. The van der Waals surface area contributed by atoms with E-state index >= 15 is 0 Å². The number of hydrogen-bond donors (Lipinski definition) is 0. The predicted octanol–water partition coefficient (Wildman–Crippen LogP) is 6.42. The molecule has 3 saturated carbocycles. The number of rotatable bonds is 4. The molecule has 4 aliphatic carbocycles. The summed E-state index contributed by atoms with van der Waals surface area (Å²) in [5.74, 6) is 2.86. The largest absolute Gasteiger partial charge is 0.458 e. The number of ether oxygens (including phenoxy) is 2. The van der Waals surface area contributed by atoms with Crippen LogP contribution in [0.25, 0.3) is 0 Å². The van der Waals surface area contributed by atoms with Gasteiger partial charge in [-0.1, -0.05) is 19.4 Å². The van der Waals surface area contributed by atoms with Crippen molar-refractivity contribution in [3.05, 3.63) is 11.6 Å². The third kappa shape index (κ3) is 3.74. The number of esters is 1. The zero-order valence-corrected chi connectivity index (χ0v) is 21.5. The molecule has 0 bridgehead atoms. The fraction of sp³-hybridized carbons (Fsp3) is 0.862. The first kappa shape index (κ1) is 23.6. The Morgan fingerprint density at radius 3 is 2.48 bits per heavy atom. The Morgan fingerprint density at radius 1 is 1.03 bits per heavy atom. The molecule has 0 amide bonds. The number of allylic oxidation sites excluding steroid dienone is 1. The number of hydrogen-bond acceptors (Lipinski definition) is 4. The van der Waals surface area contributed by atoms with Gasteiger partial charge in [-0.05, 0) is 114 Å². The van der Waals surface area contributed by atoms with Crippen molar-refractivity contribution in [2.24, 2.45) is 34.5 Å². The Kier molecular flexibility index (Phi) is 5.67. The van der Waals surface area contributed by atoms with Crippen molar-refractivity contribution in [2.45, 2.75) is 116 Å². The molecule has 33 heavy (non-hydrogen) atoms. The summed E-state index contributed by atoms with van der Waals surface area (Å²) in [6, 6.07) is 0. The van der Waals surface area contributed by atoms with Crippen LogP contribution in [-0.4, -0.2) is 29.6 Å². The maximum atomic E-state index is 12.4. The summed E-state index contributed by atoms with van der Waals surface area (Å²) in [6.07, 6.45) is 13.2. The van der Waals surface area contributed by atoms with Crippen molar-refractivity contribution < 1.29 is 19.1 Å². The lowest BCUT2D eigenvalue weighted by atomic mass is 9.43. The highest BCUT2D eigenvalue weighted by Gasteiger charge is 2.68. The molecule has 0 aromatic rings. The van der Waals surface area contributed by atoms with Crippen molar-refractivity contribution in [1.29, 1.82) is 0 Å². The average Bonchev–Trinajstić information content (AvgIpc) is 3.26. The molecule has 4 fully saturated rings. The first-order valence-corrected chi connectivity index (χ1v) is 13.6. The van der Waals surface area contributed by atoms with E-state index in [0.717, 1.165) is 51.6 Å². The minimum absolute atomic E-state index is 0.0153. The quantitative estimate of drug-likeness (QED) is 0.362. The molecule has 1 aliphatic heterocycles. The lowest BCUT2D eigenvalue weighted by molar-refractivity contribution is -0.171. The summed E-state index contributed by atoms with van der Waals surface area (Å²) in [7, 11) is 0. The molecule has 7 atom stereocenters. The second-order valence-electron chi connectivity index (χ2n) is 13.4. The van der Waals surface area contributed by atoms with Crippen LogP contribution in [0.15, 0.2) is 11.6 Å². The van der Waals surface area contributed by atoms with Gasteiger partial charge in [0.2, 0.25) is 0 Å². The molecule has 0 aromatic heterocycles. The lowest BCUT2D eigenvalue weighted by Crippen LogP contribution is -2.57. The molecule has 0 radical (unpaired) electrons. The highest BCUT2D eigenvalue weighted by Crippen LogP contribution is 2.71. The molecule has 5 rings (SSSR count). The summed E-state index contributed by atoms with van der Waals surface area (Å²) in [5.41, 5.74) is 1.38. The van der Waals surface area contributed by atoms with Gasteiger partial charge in [0.15, 0.2) is 5.78 Å². The number of carbonyl (C=O) groups excluding carboxylic acids is 2. The molecule has 1 heterocycles. The van der Waals surface area contributed by atoms with E-state index in [-0.39, 0.29) is 28.0 Å². The minimum atomic E-state index is -0.223. The molecule has 5 aliphatic rings. The summed E-state index contributed by atoms with van der Waals surface area (Å²) in [5, 5.41) is 0. The molecule has 5 unspecified atom stereocenters. The smallest absolute Gasteiger partial charge is 0.306 e. The third-order valence-electron chi connectivity index (χ3n) is 10.7. The first-order chi connectivity index (χ1) is 15.5. The van der Waals surface area contributed by atoms with Gasteiger partial charge in [-0.3, -0.25) is 9.59 Å². The SMILES string of the molecule is CC(C)(C)OCCC[C@@H]1CC2=CC(=O)CCC2(C)C2CCC3(C)C(CC[C@@]34CCC(=O)O4)C21. The highest BCUT2D eigenvalue weighted by atomic mass is 16.6. The number of ketones is 1. The Balaban J connectivity index is 1.44. The Morgan fingerprint density at radius 2 is 1.79 bits per heavy atom. The van der Waals surface area contributed by atoms with Gasteiger partial charge < -0.3 is 9.47 Å². The highest BCUT2D eigenvalue weighted by molar-refractivity contribution is 5.91. The van der Waals surface area contributed by atoms with E-state index < -0.39 is 0 Å². The van der Waals surface area contributed by atoms with Crippen molar-refractivity contribution in [3.8, 4) is 0 Å². The van der Waals surface area contributed by atoms with Gasteiger partial charge in [0.1, 0.15) is 5.60 Å². The molecular weight excluding hydrogens is 412 g/mol. The number of carbonyl (C=O) groups is 2.